The van der Waals surface area contributed by atoms with Crippen LogP contribution in [-0.2, 0) is 27.2 Å². The fourth-order valence-corrected chi connectivity index (χ4v) is 4.19. The van der Waals surface area contributed by atoms with Crippen molar-refractivity contribution in [1.29, 1.82) is 0 Å². The zero-order valence-electron chi connectivity index (χ0n) is 23.1. The standard InChI is InChI=1S/C29H43N5O5/c1-3-38-23-11-13-27(39-4-2)22(18-23)19-26(35)25(12-10-21-8-6-5-7-9-21)33-29(37)24(32)20-28(36)34(16-14-30)17-15-31/h5-9,11,13,18,24-25H,3-4,10,12,14-17,19-20,30-32H2,1-2H3,(H,33,37)/t24-,25-/m0/s1. The maximum absolute atomic E-state index is 13.6. The lowest BCUT2D eigenvalue weighted by Crippen LogP contribution is -2.51. The zero-order valence-corrected chi connectivity index (χ0v) is 23.1. The molecule has 0 aliphatic carbocycles. The average Bonchev–Trinajstić information content (AvgIpc) is 2.92. The lowest BCUT2D eigenvalue weighted by Gasteiger charge is -2.24. The highest BCUT2D eigenvalue weighted by Gasteiger charge is 2.27. The van der Waals surface area contributed by atoms with Crippen molar-refractivity contribution in [2.24, 2.45) is 17.2 Å². The second-order valence-corrected chi connectivity index (χ2v) is 9.13. The quantitative estimate of drug-likeness (QED) is 0.219. The summed E-state index contributed by atoms with van der Waals surface area (Å²) >= 11 is 0. The molecule has 10 nitrogen and oxygen atoms in total. The second kappa shape index (κ2) is 17.2. The predicted octanol–water partition coefficient (Wildman–Crippen LogP) is 1.18. The number of ether oxygens (including phenoxy) is 2. The van der Waals surface area contributed by atoms with Crippen molar-refractivity contribution in [1.82, 2.24) is 10.2 Å². The summed E-state index contributed by atoms with van der Waals surface area (Å²) in [6.07, 6.45) is 0.766. The number of nitrogens with one attached hydrogen (secondary N) is 1. The van der Waals surface area contributed by atoms with Crippen molar-refractivity contribution >= 4 is 17.6 Å². The van der Waals surface area contributed by atoms with Gasteiger partial charge in [-0.1, -0.05) is 30.3 Å². The smallest absolute Gasteiger partial charge is 0.238 e. The average molecular weight is 542 g/mol. The first kappa shape index (κ1) is 31.7. The van der Waals surface area contributed by atoms with Crippen LogP contribution in [0.4, 0.5) is 0 Å². The lowest BCUT2D eigenvalue weighted by atomic mass is 9.96. The van der Waals surface area contributed by atoms with Crippen LogP contribution >= 0.6 is 0 Å². The Labute approximate surface area is 231 Å². The van der Waals surface area contributed by atoms with Crippen LogP contribution in [0.15, 0.2) is 48.5 Å². The minimum atomic E-state index is -1.12. The molecular formula is C29H43N5O5. The molecule has 2 aromatic carbocycles. The van der Waals surface area contributed by atoms with Crippen LogP contribution in [0, 0.1) is 0 Å². The summed E-state index contributed by atoms with van der Waals surface area (Å²) in [6, 6.07) is 13.1. The van der Waals surface area contributed by atoms with E-state index in [0.717, 1.165) is 5.56 Å². The van der Waals surface area contributed by atoms with Gasteiger partial charge in [-0.3, -0.25) is 14.4 Å². The molecule has 0 aromatic heterocycles. The van der Waals surface area contributed by atoms with Crippen molar-refractivity contribution in [3.63, 3.8) is 0 Å². The van der Waals surface area contributed by atoms with Crippen LogP contribution in [0.25, 0.3) is 0 Å². The monoisotopic (exact) mass is 541 g/mol. The highest BCUT2D eigenvalue weighted by atomic mass is 16.5. The number of nitrogens with zero attached hydrogens (tertiary/aromatic N) is 1. The van der Waals surface area contributed by atoms with E-state index in [1.165, 1.54) is 4.90 Å². The molecule has 39 heavy (non-hydrogen) atoms. The van der Waals surface area contributed by atoms with Gasteiger partial charge in [0, 0.05) is 38.2 Å². The number of hydrogen-bond acceptors (Lipinski definition) is 8. The third-order valence-corrected chi connectivity index (χ3v) is 6.16. The lowest BCUT2D eigenvalue weighted by molar-refractivity contribution is -0.134. The first-order valence-corrected chi connectivity index (χ1v) is 13.5. The predicted molar refractivity (Wildman–Crippen MR) is 151 cm³/mol. The molecule has 2 rings (SSSR count). The van der Waals surface area contributed by atoms with E-state index >= 15 is 0 Å². The van der Waals surface area contributed by atoms with Gasteiger partial charge in [-0.2, -0.15) is 0 Å². The minimum absolute atomic E-state index is 0.0327. The Morgan fingerprint density at radius 2 is 1.62 bits per heavy atom. The van der Waals surface area contributed by atoms with Crippen LogP contribution in [0.2, 0.25) is 0 Å². The van der Waals surface area contributed by atoms with Gasteiger partial charge in [0.2, 0.25) is 11.8 Å². The van der Waals surface area contributed by atoms with Crippen molar-refractivity contribution < 1.29 is 23.9 Å². The summed E-state index contributed by atoms with van der Waals surface area (Å²) in [4.78, 5) is 40.8. The van der Waals surface area contributed by atoms with Gasteiger partial charge in [0.25, 0.3) is 0 Å². The summed E-state index contributed by atoms with van der Waals surface area (Å²) in [7, 11) is 0. The molecule has 0 unspecified atom stereocenters. The first-order chi connectivity index (χ1) is 18.8. The Bertz CT molecular complexity index is 1040. The highest BCUT2D eigenvalue weighted by Crippen LogP contribution is 2.26. The molecule has 0 saturated carbocycles. The highest BCUT2D eigenvalue weighted by molar-refractivity contribution is 5.94. The van der Waals surface area contributed by atoms with Gasteiger partial charge >= 0.3 is 0 Å². The molecule has 0 saturated heterocycles. The summed E-state index contributed by atoms with van der Waals surface area (Å²) in [5, 5.41) is 2.80. The molecule has 0 radical (unpaired) electrons. The third-order valence-electron chi connectivity index (χ3n) is 6.16. The molecule has 0 aliphatic rings. The van der Waals surface area contributed by atoms with E-state index in [1.807, 2.05) is 44.2 Å². The molecule has 0 aliphatic heterocycles. The number of amides is 2. The van der Waals surface area contributed by atoms with E-state index in [1.54, 1.807) is 18.2 Å². The maximum Gasteiger partial charge on any atom is 0.238 e. The zero-order chi connectivity index (χ0) is 28.6. The Kier molecular flexibility index (Phi) is 14.0. The number of ketones is 1. The first-order valence-electron chi connectivity index (χ1n) is 13.5. The summed E-state index contributed by atoms with van der Waals surface area (Å²) in [6.45, 7) is 5.89. The Morgan fingerprint density at radius 3 is 2.23 bits per heavy atom. The molecule has 0 fully saturated rings. The number of hydrogen-bond donors (Lipinski definition) is 4. The van der Waals surface area contributed by atoms with Crippen molar-refractivity contribution in [3.8, 4) is 11.5 Å². The summed E-state index contributed by atoms with van der Waals surface area (Å²) < 4.78 is 11.3. The number of Topliss-reactive ketones (excluding diaryl/α,β-unsaturated/α-hetero) is 1. The fourth-order valence-electron chi connectivity index (χ4n) is 4.19. The van der Waals surface area contributed by atoms with E-state index in [9.17, 15) is 14.4 Å². The van der Waals surface area contributed by atoms with Gasteiger partial charge in [-0.15, -0.1) is 0 Å². The Morgan fingerprint density at radius 1 is 0.949 bits per heavy atom. The van der Waals surface area contributed by atoms with Crippen molar-refractivity contribution in [2.45, 2.75) is 51.6 Å². The summed E-state index contributed by atoms with van der Waals surface area (Å²) in [5.41, 5.74) is 19.0. The fraction of sp³-hybridized carbons (Fsp3) is 0.483. The van der Waals surface area contributed by atoms with Gasteiger partial charge in [-0.05, 0) is 50.5 Å². The number of rotatable bonds is 18. The SMILES string of the molecule is CCOc1ccc(OCC)c(CC(=O)[C@H](CCc2ccccc2)NC(=O)[C@@H](N)CC(=O)N(CCN)CCN)c1. The number of carbonyl (C=O) groups is 3. The van der Waals surface area contributed by atoms with Crippen molar-refractivity contribution in [2.75, 3.05) is 39.4 Å². The molecule has 0 heterocycles. The minimum Gasteiger partial charge on any atom is -0.494 e. The third kappa shape index (κ3) is 10.7. The molecule has 2 aromatic rings. The summed E-state index contributed by atoms with van der Waals surface area (Å²) in [5.74, 6) is 0.150. The Balaban J connectivity index is 2.19. The van der Waals surface area contributed by atoms with Gasteiger partial charge in [0.15, 0.2) is 5.78 Å². The van der Waals surface area contributed by atoms with E-state index in [0.29, 0.717) is 56.2 Å². The number of benzene rings is 2. The molecule has 0 spiro atoms. The van der Waals surface area contributed by atoms with Crippen LogP contribution in [-0.4, -0.2) is 74.0 Å². The second-order valence-electron chi connectivity index (χ2n) is 9.13. The van der Waals surface area contributed by atoms with E-state index in [4.69, 9.17) is 26.7 Å². The molecular weight excluding hydrogens is 498 g/mol. The van der Waals surface area contributed by atoms with Gasteiger partial charge < -0.3 is 36.9 Å². The number of nitrogens with two attached hydrogens (primary N) is 3. The van der Waals surface area contributed by atoms with E-state index in [-0.39, 0.29) is 37.6 Å². The van der Waals surface area contributed by atoms with Crippen LogP contribution in [0.5, 0.6) is 11.5 Å². The molecule has 214 valence electrons. The maximum atomic E-state index is 13.6. The normalized spacial score (nSPS) is 12.3. The number of aryl methyl sites for hydroxylation is 1. The Hall–Kier alpha value is -3.47. The largest absolute Gasteiger partial charge is 0.494 e. The molecule has 10 heteroatoms. The van der Waals surface area contributed by atoms with Gasteiger partial charge in [0.1, 0.15) is 11.5 Å². The molecule has 2 atom stereocenters. The van der Waals surface area contributed by atoms with Gasteiger partial charge in [0.05, 0.1) is 31.7 Å². The van der Waals surface area contributed by atoms with Gasteiger partial charge in [-0.25, -0.2) is 0 Å². The van der Waals surface area contributed by atoms with E-state index < -0.39 is 18.0 Å². The van der Waals surface area contributed by atoms with Crippen molar-refractivity contribution in [3.05, 3.63) is 59.7 Å². The van der Waals surface area contributed by atoms with Crippen LogP contribution in [0.3, 0.4) is 0 Å². The molecule has 7 N–H and O–H groups in total. The van der Waals surface area contributed by atoms with E-state index in [2.05, 4.69) is 5.32 Å². The molecule has 2 amide bonds. The topological polar surface area (TPSA) is 163 Å². The van der Waals surface area contributed by atoms with Crippen LogP contribution in [0.1, 0.15) is 37.8 Å². The molecule has 0 bridgehead atoms. The van der Waals surface area contributed by atoms with Crippen LogP contribution < -0.4 is 32.0 Å². The number of carbonyl (C=O) groups excluding carboxylic acids is 3.